The predicted octanol–water partition coefficient (Wildman–Crippen LogP) is 3.26. The summed E-state index contributed by atoms with van der Waals surface area (Å²) >= 11 is 0. The zero-order valence-electron chi connectivity index (χ0n) is 16.3. The van der Waals surface area contributed by atoms with Gasteiger partial charge in [-0.15, -0.1) is 0 Å². The third kappa shape index (κ3) is 5.67. The van der Waals surface area contributed by atoms with Crippen LogP contribution < -0.4 is 5.32 Å². The first-order valence-electron chi connectivity index (χ1n) is 9.96. The fourth-order valence-electron chi connectivity index (χ4n) is 3.75. The van der Waals surface area contributed by atoms with Crippen LogP contribution in [-0.2, 0) is 9.59 Å². The lowest BCUT2D eigenvalue weighted by atomic mass is 9.92. The summed E-state index contributed by atoms with van der Waals surface area (Å²) in [5.74, 6) is -1.09. The summed E-state index contributed by atoms with van der Waals surface area (Å²) < 4.78 is 0. The lowest BCUT2D eigenvalue weighted by Gasteiger charge is -2.35. The predicted molar refractivity (Wildman–Crippen MR) is 109 cm³/mol. The summed E-state index contributed by atoms with van der Waals surface area (Å²) in [6, 6.07) is 17.3. The zero-order valence-corrected chi connectivity index (χ0v) is 16.3. The molecule has 2 N–H and O–H groups in total. The Balaban J connectivity index is 1.76. The van der Waals surface area contributed by atoms with Crippen LogP contribution >= 0.6 is 0 Å². The molecule has 2 aromatic rings. The first-order valence-corrected chi connectivity index (χ1v) is 9.96. The van der Waals surface area contributed by atoms with Gasteiger partial charge >= 0.3 is 5.97 Å². The molecule has 2 aromatic carbocycles. The van der Waals surface area contributed by atoms with E-state index in [0.717, 1.165) is 18.4 Å². The second-order valence-corrected chi connectivity index (χ2v) is 7.41. The van der Waals surface area contributed by atoms with Crippen LogP contribution in [0.5, 0.6) is 0 Å². The fraction of sp³-hybridized carbons (Fsp3) is 0.348. The summed E-state index contributed by atoms with van der Waals surface area (Å²) in [5.41, 5.74) is 1.23. The lowest BCUT2D eigenvalue weighted by Crippen LogP contribution is -2.47. The maximum Gasteiger partial charge on any atom is 0.303 e. The topological polar surface area (TPSA) is 86.7 Å². The first-order chi connectivity index (χ1) is 14.0. The Hall–Kier alpha value is -3.15. The van der Waals surface area contributed by atoms with Gasteiger partial charge in [-0.05, 0) is 42.9 Å². The van der Waals surface area contributed by atoms with Crippen molar-refractivity contribution in [1.29, 1.82) is 0 Å². The molecule has 2 unspecified atom stereocenters. The lowest BCUT2D eigenvalue weighted by molar-refractivity contribution is -0.137. The highest BCUT2D eigenvalue weighted by atomic mass is 16.4. The number of carbonyl (C=O) groups is 3. The number of piperidine rings is 1. The molecule has 0 bridgehead atoms. The molecule has 3 rings (SSSR count). The van der Waals surface area contributed by atoms with Crippen molar-refractivity contribution in [3.63, 3.8) is 0 Å². The molecule has 29 heavy (non-hydrogen) atoms. The Bertz CT molecular complexity index is 838. The molecule has 0 radical (unpaired) electrons. The van der Waals surface area contributed by atoms with Crippen molar-refractivity contribution in [3.8, 4) is 0 Å². The van der Waals surface area contributed by atoms with E-state index in [1.165, 1.54) is 0 Å². The second kappa shape index (κ2) is 9.87. The van der Waals surface area contributed by atoms with Gasteiger partial charge < -0.3 is 15.3 Å². The molecule has 0 aliphatic carbocycles. The average Bonchev–Trinajstić information content (AvgIpc) is 2.77. The number of carbonyl (C=O) groups excluding carboxylic acids is 2. The molecule has 2 amide bonds. The van der Waals surface area contributed by atoms with E-state index in [2.05, 4.69) is 5.32 Å². The summed E-state index contributed by atoms with van der Waals surface area (Å²) in [5, 5.41) is 11.8. The second-order valence-electron chi connectivity index (χ2n) is 7.41. The van der Waals surface area contributed by atoms with E-state index < -0.39 is 12.0 Å². The highest BCUT2D eigenvalue weighted by molar-refractivity contribution is 5.97. The van der Waals surface area contributed by atoms with E-state index in [1.54, 1.807) is 29.2 Å². The zero-order chi connectivity index (χ0) is 20.6. The Morgan fingerprint density at radius 1 is 1.03 bits per heavy atom. The van der Waals surface area contributed by atoms with Crippen molar-refractivity contribution in [1.82, 2.24) is 10.2 Å². The van der Waals surface area contributed by atoms with Gasteiger partial charge in [0.15, 0.2) is 0 Å². The number of nitrogens with one attached hydrogen (secondary N) is 1. The Kier molecular flexibility index (Phi) is 7.00. The van der Waals surface area contributed by atoms with E-state index in [-0.39, 0.29) is 24.2 Å². The fourth-order valence-corrected chi connectivity index (χ4v) is 3.75. The number of hydrogen-bond acceptors (Lipinski definition) is 3. The summed E-state index contributed by atoms with van der Waals surface area (Å²) in [4.78, 5) is 38.7. The van der Waals surface area contributed by atoms with Crippen LogP contribution in [0.3, 0.4) is 0 Å². The molecule has 152 valence electrons. The molecule has 1 aliphatic rings. The maximum atomic E-state index is 13.3. The quantitative estimate of drug-likeness (QED) is 0.755. The van der Waals surface area contributed by atoms with Gasteiger partial charge in [-0.1, -0.05) is 48.5 Å². The van der Waals surface area contributed by atoms with Crippen LogP contribution in [0.2, 0.25) is 0 Å². The van der Waals surface area contributed by atoms with Crippen LogP contribution in [0.1, 0.15) is 47.6 Å². The molecule has 6 heteroatoms. The number of amides is 2. The third-order valence-electron chi connectivity index (χ3n) is 5.29. The number of aliphatic carboxylic acids is 1. The molecule has 1 aliphatic heterocycles. The first kappa shape index (κ1) is 20.6. The van der Waals surface area contributed by atoms with Crippen molar-refractivity contribution in [2.24, 2.45) is 5.92 Å². The highest BCUT2D eigenvalue weighted by Crippen LogP contribution is 2.25. The van der Waals surface area contributed by atoms with E-state index in [4.69, 9.17) is 5.11 Å². The summed E-state index contributed by atoms with van der Waals surface area (Å²) in [6.45, 7) is 1.14. The van der Waals surface area contributed by atoms with Gasteiger partial charge in [0.05, 0.1) is 0 Å². The number of carboxylic acids is 1. The average molecular weight is 394 g/mol. The van der Waals surface area contributed by atoms with E-state index in [9.17, 15) is 14.4 Å². The SMILES string of the molecule is O=C(O)CCC1CCCN(C(=O)C(NC(=O)c2ccccc2)c2ccccc2)C1. The van der Waals surface area contributed by atoms with Crippen LogP contribution in [0.4, 0.5) is 0 Å². The van der Waals surface area contributed by atoms with Crippen molar-refractivity contribution in [2.45, 2.75) is 31.7 Å². The maximum absolute atomic E-state index is 13.3. The van der Waals surface area contributed by atoms with Gasteiger partial charge in [-0.25, -0.2) is 0 Å². The molecule has 1 fully saturated rings. The molecule has 0 aromatic heterocycles. The van der Waals surface area contributed by atoms with Gasteiger partial charge in [0, 0.05) is 25.1 Å². The smallest absolute Gasteiger partial charge is 0.303 e. The number of carboxylic acid groups (broad SMARTS) is 1. The molecule has 0 saturated carbocycles. The minimum atomic E-state index is -0.814. The van der Waals surface area contributed by atoms with Gasteiger partial charge in [-0.2, -0.15) is 0 Å². The van der Waals surface area contributed by atoms with Crippen LogP contribution in [0, 0.1) is 5.92 Å². The van der Waals surface area contributed by atoms with Crippen molar-refractivity contribution in [2.75, 3.05) is 13.1 Å². The number of benzene rings is 2. The minimum Gasteiger partial charge on any atom is -0.481 e. The molecule has 2 atom stereocenters. The summed E-state index contributed by atoms with van der Waals surface area (Å²) in [7, 11) is 0. The van der Waals surface area contributed by atoms with Gasteiger partial charge in [0.2, 0.25) is 5.91 Å². The molecular formula is C23H26N2O4. The van der Waals surface area contributed by atoms with Crippen LogP contribution in [-0.4, -0.2) is 40.9 Å². The van der Waals surface area contributed by atoms with Crippen molar-refractivity contribution >= 4 is 17.8 Å². The Labute approximate surface area is 170 Å². The van der Waals surface area contributed by atoms with E-state index in [0.29, 0.717) is 25.1 Å². The van der Waals surface area contributed by atoms with Gasteiger partial charge in [-0.3, -0.25) is 14.4 Å². The molecule has 1 saturated heterocycles. The number of hydrogen-bond donors (Lipinski definition) is 2. The molecule has 0 spiro atoms. The molecule has 1 heterocycles. The number of nitrogens with zero attached hydrogens (tertiary/aromatic N) is 1. The Morgan fingerprint density at radius 3 is 2.34 bits per heavy atom. The normalized spacial score (nSPS) is 17.4. The van der Waals surface area contributed by atoms with Gasteiger partial charge in [0.1, 0.15) is 6.04 Å². The number of rotatable bonds is 7. The summed E-state index contributed by atoms with van der Waals surface area (Å²) in [6.07, 6.45) is 2.43. The van der Waals surface area contributed by atoms with E-state index >= 15 is 0 Å². The monoisotopic (exact) mass is 394 g/mol. The van der Waals surface area contributed by atoms with Crippen molar-refractivity contribution < 1.29 is 19.5 Å². The highest BCUT2D eigenvalue weighted by Gasteiger charge is 2.31. The van der Waals surface area contributed by atoms with Gasteiger partial charge in [0.25, 0.3) is 5.91 Å². The van der Waals surface area contributed by atoms with Crippen molar-refractivity contribution in [3.05, 3.63) is 71.8 Å². The minimum absolute atomic E-state index is 0.111. The third-order valence-corrected chi connectivity index (χ3v) is 5.29. The number of likely N-dealkylation sites (tertiary alicyclic amines) is 1. The largest absolute Gasteiger partial charge is 0.481 e. The Morgan fingerprint density at radius 2 is 1.69 bits per heavy atom. The molecule has 6 nitrogen and oxygen atoms in total. The van der Waals surface area contributed by atoms with Crippen LogP contribution in [0.15, 0.2) is 60.7 Å². The molecular weight excluding hydrogens is 368 g/mol. The standard InChI is InChI=1S/C23H26N2O4/c26-20(27)14-13-17-8-7-15-25(16-17)23(29)21(18-9-3-1-4-10-18)24-22(28)19-11-5-2-6-12-19/h1-6,9-12,17,21H,7-8,13-16H2,(H,24,28)(H,26,27). The van der Waals surface area contributed by atoms with E-state index in [1.807, 2.05) is 36.4 Å². The van der Waals surface area contributed by atoms with Crippen LogP contribution in [0.25, 0.3) is 0 Å².